The molecule has 10 unspecified atom stereocenters. The number of hydrogen-bond donors (Lipinski definition) is 12. The summed E-state index contributed by atoms with van der Waals surface area (Å²) in [4.78, 5) is 68.8. The number of esters is 6. The lowest BCUT2D eigenvalue weighted by molar-refractivity contribution is -0.146. The van der Waals surface area contributed by atoms with Crippen molar-refractivity contribution >= 4 is 35.8 Å². The van der Waals surface area contributed by atoms with Crippen LogP contribution in [0.2, 0.25) is 0 Å². The fourth-order valence-electron chi connectivity index (χ4n) is 16.1. The number of hydrogen-bond acceptors (Lipinski definition) is 24. The molecule has 10 atom stereocenters. The van der Waals surface area contributed by atoms with E-state index in [1.54, 1.807) is 0 Å². The van der Waals surface area contributed by atoms with Gasteiger partial charge in [-0.15, -0.1) is 0 Å². The monoisotopic (exact) mass is 2090 g/mol. The minimum Gasteiger partial charge on any atom is -0.465 e. The van der Waals surface area contributed by atoms with Crippen molar-refractivity contribution < 1.29 is 118 Å². The zero-order valence-corrected chi connectivity index (χ0v) is 96.7. The van der Waals surface area contributed by atoms with Crippen LogP contribution in [0, 0.1) is 35.5 Å². The Morgan fingerprint density at radius 1 is 0.185 bits per heavy atom. The average Bonchev–Trinajstić information content (AvgIpc) is 0.972. The molecule has 0 aromatic heterocycles. The summed E-state index contributed by atoms with van der Waals surface area (Å²) in [5, 5.41) is 110. The third kappa shape index (κ3) is 136. The van der Waals surface area contributed by atoms with E-state index in [0.717, 1.165) is 205 Å². The van der Waals surface area contributed by atoms with Crippen molar-refractivity contribution in [3.05, 3.63) is 12.2 Å². The van der Waals surface area contributed by atoms with Gasteiger partial charge in [-0.25, -0.2) is 0 Å². The van der Waals surface area contributed by atoms with Gasteiger partial charge in [0.1, 0.15) is 0 Å². The number of carbonyl (C=O) groups excluding carboxylic acids is 6. The van der Waals surface area contributed by atoms with Crippen LogP contribution >= 0.6 is 0 Å². The van der Waals surface area contributed by atoms with Crippen molar-refractivity contribution in [1.82, 2.24) is 0 Å². The van der Waals surface area contributed by atoms with Crippen LogP contribution < -0.4 is 0 Å². The molecule has 24 heteroatoms. The molecule has 0 saturated carbocycles. The number of allylic oxidation sites excluding steroid dienone is 2. The maximum atomic E-state index is 11.5. The summed E-state index contributed by atoms with van der Waals surface area (Å²) in [6, 6.07) is 0. The Hall–Kier alpha value is -3.92. The van der Waals surface area contributed by atoms with Crippen molar-refractivity contribution in [1.29, 1.82) is 0 Å². The Morgan fingerprint density at radius 2 is 0.322 bits per heavy atom. The lowest BCUT2D eigenvalue weighted by Crippen LogP contribution is -2.25. The third-order valence-electron chi connectivity index (χ3n) is 26.6. The van der Waals surface area contributed by atoms with Crippen LogP contribution in [0.25, 0.3) is 0 Å². The number of aliphatic hydroxyl groups is 12. The van der Waals surface area contributed by atoms with Crippen molar-refractivity contribution in [2.75, 3.05) is 92.5 Å². The van der Waals surface area contributed by atoms with Gasteiger partial charge in [0, 0.05) is 127 Å². The molecule has 0 amide bonds. The van der Waals surface area contributed by atoms with E-state index < -0.39 is 12.2 Å². The number of rotatable bonds is 105. The van der Waals surface area contributed by atoms with Gasteiger partial charge < -0.3 is 89.7 Å². The molecule has 0 fully saturated rings. The standard InChI is InChI=1S/C22H42O4.C20H40O5.3C20H40O4.C20H40O3/c1-21(19-24)20-26-22(25)17-15-13-11-9-7-5-3-2-4-6-8-10-12-14-16-18-23;1-3-4-5-9-12-18(22)19(23)13-10-7-6-8-11-14-20(24)25-16-17(2)15-21;1-19(17-22)18-24-20(23)15-13-11-9-7-5-3-2-4-6-8-10-12-14-16-21;1-3-4-5-10-13-19(22)14-11-8-6-7-9-12-15-20(23)24-17-18(2)16-21;1-3-4-5-7-10-13-19(22)14-11-8-6-9-12-15-20(23)24-17-18(2)16-21;1-3-4-5-6-7-8-9-10-11-12-13-14-15-16-20(22)23-18-19(2)17-21/h2-3,21,23-24H,4-20H2,1H3;17-19,21-23H,3-16H2,1-2H3;19,21-22H,2-18H2,1H3;2*18-19,21-22H,3-17H2,1-2H3;19,21H,3-18H2,1-2H3/b3-2-;;;;;. The third-order valence-corrected chi connectivity index (χ3v) is 26.6. The van der Waals surface area contributed by atoms with Crippen LogP contribution in [0.5, 0.6) is 0 Å². The van der Waals surface area contributed by atoms with E-state index in [4.69, 9.17) is 69.3 Å². The lowest BCUT2D eigenvalue weighted by Gasteiger charge is -2.17. The zero-order valence-electron chi connectivity index (χ0n) is 96.7. The van der Waals surface area contributed by atoms with E-state index in [0.29, 0.717) is 97.6 Å². The number of unbranched alkanes of at least 4 members (excludes halogenated alkanes) is 58. The van der Waals surface area contributed by atoms with Gasteiger partial charge in [0.2, 0.25) is 0 Å². The van der Waals surface area contributed by atoms with E-state index >= 15 is 0 Å². The number of carbonyl (C=O) groups is 6. The van der Waals surface area contributed by atoms with Gasteiger partial charge in [0.05, 0.1) is 64.1 Å². The predicted molar refractivity (Wildman–Crippen MR) is 603 cm³/mol. The van der Waals surface area contributed by atoms with Crippen LogP contribution in [-0.4, -0.2) is 214 Å². The minimum absolute atomic E-state index is 0.00243. The fraction of sp³-hybridized carbons (Fsp3) is 0.934. The predicted octanol–water partition coefficient (Wildman–Crippen LogP) is 28.2. The van der Waals surface area contributed by atoms with Gasteiger partial charge in [-0.3, -0.25) is 28.8 Å². The van der Waals surface area contributed by atoms with E-state index in [1.807, 2.05) is 41.5 Å². The molecular formula is C122H242O24. The lowest BCUT2D eigenvalue weighted by atomic mass is 10.00. The van der Waals surface area contributed by atoms with Crippen LogP contribution in [0.3, 0.4) is 0 Å². The van der Waals surface area contributed by atoms with E-state index in [9.17, 15) is 49.2 Å². The molecule has 0 radical (unpaired) electrons. The molecule has 0 spiro atoms. The van der Waals surface area contributed by atoms with Crippen molar-refractivity contribution in [2.45, 2.75) is 607 Å². The second-order valence-electron chi connectivity index (χ2n) is 42.9. The number of ether oxygens (including phenoxy) is 6. The van der Waals surface area contributed by atoms with E-state index in [1.165, 1.54) is 257 Å². The summed E-state index contributed by atoms with van der Waals surface area (Å²) in [5.74, 6) is -0.731. The Bertz CT molecular complexity index is 2600. The quantitative estimate of drug-likeness (QED) is 0.0116. The van der Waals surface area contributed by atoms with E-state index in [2.05, 4.69) is 39.8 Å². The average molecular weight is 2090 g/mol. The molecular weight excluding hydrogens is 1850 g/mol. The van der Waals surface area contributed by atoms with Gasteiger partial charge in [-0.05, 0) is 116 Å². The first-order valence-corrected chi connectivity index (χ1v) is 61.0. The first-order chi connectivity index (χ1) is 70.8. The second-order valence-corrected chi connectivity index (χ2v) is 42.9. The summed E-state index contributed by atoms with van der Waals surface area (Å²) >= 11 is 0. The van der Waals surface area contributed by atoms with Gasteiger partial charge in [-0.1, -0.05) is 441 Å². The van der Waals surface area contributed by atoms with Crippen molar-refractivity contribution in [3.8, 4) is 0 Å². The fourth-order valence-corrected chi connectivity index (χ4v) is 16.1. The molecule has 0 bridgehead atoms. The normalized spacial score (nSPS) is 13.2. The van der Waals surface area contributed by atoms with Gasteiger partial charge in [0.25, 0.3) is 0 Å². The van der Waals surface area contributed by atoms with Gasteiger partial charge in [0.15, 0.2) is 0 Å². The maximum absolute atomic E-state index is 11.5. The molecule has 12 N–H and O–H groups in total. The molecule has 874 valence electrons. The Labute approximate surface area is 896 Å². The molecule has 0 aliphatic carbocycles. The highest BCUT2D eigenvalue weighted by Gasteiger charge is 2.18. The molecule has 0 aliphatic rings. The molecule has 0 aliphatic heterocycles. The van der Waals surface area contributed by atoms with Crippen molar-refractivity contribution in [3.63, 3.8) is 0 Å². The van der Waals surface area contributed by atoms with Gasteiger partial charge in [-0.2, -0.15) is 0 Å². The number of aliphatic hydroxyl groups excluding tert-OH is 12. The maximum Gasteiger partial charge on any atom is 0.305 e. The van der Waals surface area contributed by atoms with E-state index in [-0.39, 0.29) is 130 Å². The molecule has 0 aromatic rings. The summed E-state index contributed by atoms with van der Waals surface area (Å²) in [7, 11) is 0. The summed E-state index contributed by atoms with van der Waals surface area (Å²) in [6.45, 7) is 22.9. The van der Waals surface area contributed by atoms with Crippen LogP contribution in [0.4, 0.5) is 0 Å². The summed E-state index contributed by atoms with van der Waals surface area (Å²) in [6.07, 6.45) is 91.6. The molecule has 0 saturated heterocycles. The second kappa shape index (κ2) is 130. The van der Waals surface area contributed by atoms with Crippen molar-refractivity contribution in [2.24, 2.45) is 35.5 Å². The van der Waals surface area contributed by atoms with Crippen LogP contribution in [0.15, 0.2) is 12.2 Å². The summed E-state index contributed by atoms with van der Waals surface area (Å²) < 4.78 is 30.5. The first-order valence-electron chi connectivity index (χ1n) is 61.0. The molecule has 24 nitrogen and oxygen atoms in total. The Balaban J connectivity index is -0.000000403. The molecule has 0 rings (SSSR count). The zero-order chi connectivity index (χ0) is 109. The van der Waals surface area contributed by atoms with Crippen LogP contribution in [-0.2, 0) is 57.2 Å². The minimum atomic E-state index is -0.606. The van der Waals surface area contributed by atoms with Gasteiger partial charge >= 0.3 is 35.8 Å². The Morgan fingerprint density at radius 3 is 0.486 bits per heavy atom. The highest BCUT2D eigenvalue weighted by atomic mass is 16.6. The van der Waals surface area contributed by atoms with Crippen LogP contribution in [0.1, 0.15) is 583 Å². The topological polar surface area (TPSA) is 401 Å². The molecule has 0 heterocycles. The highest BCUT2D eigenvalue weighted by Crippen LogP contribution is 2.23. The molecule has 146 heavy (non-hydrogen) atoms. The first kappa shape index (κ1) is 153. The largest absolute Gasteiger partial charge is 0.465 e. The SMILES string of the molecule is CC(CO)COC(=O)CCCCCCC/C=C\CCCCCCCCO.CC(CO)COC(=O)CCCCCCCCCCCCCCCO.CCCCCCC(O)C(O)CCCCCCCC(=O)OCC(C)CO.CCCCCCC(O)CCCCCCCCC(=O)OCC(C)CO.CCCCCCCC(O)CCCCCCCC(=O)OCC(C)CO.CCCCCCCCCCCCCCCC(=O)OCC(C)CO. The molecule has 0 aromatic carbocycles. The summed E-state index contributed by atoms with van der Waals surface area (Å²) in [5.41, 5.74) is 0. The highest BCUT2D eigenvalue weighted by molar-refractivity contribution is 5.71. The Kier molecular flexibility index (Phi) is 136. The smallest absolute Gasteiger partial charge is 0.305 e.